The molecule has 5 nitrogen and oxygen atoms in total. The first kappa shape index (κ1) is 12.3. The maximum Gasteiger partial charge on any atom is 0.328 e. The van der Waals surface area contributed by atoms with E-state index >= 15 is 0 Å². The van der Waals surface area contributed by atoms with E-state index in [-0.39, 0.29) is 19.0 Å². The molecule has 0 saturated carbocycles. The minimum atomic E-state index is -1.06. The van der Waals surface area contributed by atoms with Crippen LogP contribution in [0.3, 0.4) is 0 Å². The molecule has 1 aromatic carbocycles. The van der Waals surface area contributed by atoms with Gasteiger partial charge in [0.15, 0.2) is 0 Å². The maximum atomic E-state index is 13.1. The molecule has 1 heterocycles. The molecule has 6 heteroatoms. The van der Waals surface area contributed by atoms with Gasteiger partial charge in [0.25, 0.3) is 0 Å². The Hall–Kier alpha value is -2.11. The summed E-state index contributed by atoms with van der Waals surface area (Å²) >= 11 is 0. The molecular weight excluding hydrogens is 239 g/mol. The van der Waals surface area contributed by atoms with Gasteiger partial charge in [-0.2, -0.15) is 0 Å². The lowest BCUT2D eigenvalue weighted by atomic mass is 10.1. The maximum absolute atomic E-state index is 13.1. The van der Waals surface area contributed by atoms with Crippen LogP contribution in [-0.4, -0.2) is 48.1 Å². The fraction of sp³-hybridized carbons (Fsp3) is 0.333. The number of carbonyl (C=O) groups is 2. The van der Waals surface area contributed by atoms with Crippen molar-refractivity contribution in [1.82, 2.24) is 4.90 Å². The largest absolute Gasteiger partial charge is 0.480 e. The smallest absolute Gasteiger partial charge is 0.328 e. The van der Waals surface area contributed by atoms with E-state index in [4.69, 9.17) is 5.11 Å². The molecule has 0 radical (unpaired) electrons. The molecule has 1 aliphatic rings. The van der Waals surface area contributed by atoms with Gasteiger partial charge < -0.3 is 14.9 Å². The Bertz CT molecular complexity index is 492. The van der Waals surface area contributed by atoms with E-state index in [1.54, 1.807) is 11.0 Å². The minimum absolute atomic E-state index is 0.0593. The Morgan fingerprint density at radius 2 is 2.22 bits per heavy atom. The van der Waals surface area contributed by atoms with Crippen molar-refractivity contribution in [3.63, 3.8) is 0 Å². The van der Waals surface area contributed by atoms with Crippen LogP contribution >= 0.6 is 0 Å². The SMILES string of the molecule is CN1C(=O)CN(c2cccc(F)c2)CC1C(=O)O. The van der Waals surface area contributed by atoms with Crippen molar-refractivity contribution in [2.24, 2.45) is 0 Å². The Labute approximate surface area is 103 Å². The highest BCUT2D eigenvalue weighted by atomic mass is 19.1. The number of piperazine rings is 1. The zero-order valence-corrected chi connectivity index (χ0v) is 9.84. The van der Waals surface area contributed by atoms with Crippen LogP contribution in [0.1, 0.15) is 0 Å². The van der Waals surface area contributed by atoms with Gasteiger partial charge in [-0.1, -0.05) is 6.07 Å². The molecule has 0 aromatic heterocycles. The van der Waals surface area contributed by atoms with Gasteiger partial charge in [0.2, 0.25) is 5.91 Å². The predicted octanol–water partition coefficient (Wildman–Crippen LogP) is 0.557. The molecule has 1 unspecified atom stereocenters. The molecule has 1 fully saturated rings. The van der Waals surface area contributed by atoms with E-state index in [9.17, 15) is 14.0 Å². The van der Waals surface area contributed by atoms with Gasteiger partial charge in [-0.3, -0.25) is 4.79 Å². The van der Waals surface area contributed by atoms with E-state index < -0.39 is 17.8 Å². The van der Waals surface area contributed by atoms with Crippen LogP contribution in [0.2, 0.25) is 0 Å². The molecule has 1 atom stereocenters. The van der Waals surface area contributed by atoms with Gasteiger partial charge >= 0.3 is 5.97 Å². The number of amides is 1. The van der Waals surface area contributed by atoms with Crippen LogP contribution < -0.4 is 4.90 Å². The molecule has 18 heavy (non-hydrogen) atoms. The summed E-state index contributed by atoms with van der Waals surface area (Å²) in [7, 11) is 1.46. The Morgan fingerprint density at radius 1 is 1.50 bits per heavy atom. The van der Waals surface area contributed by atoms with Crippen molar-refractivity contribution >= 4 is 17.6 Å². The van der Waals surface area contributed by atoms with Gasteiger partial charge in [-0.15, -0.1) is 0 Å². The minimum Gasteiger partial charge on any atom is -0.480 e. The number of likely N-dealkylation sites (N-methyl/N-ethyl adjacent to an activating group) is 1. The Morgan fingerprint density at radius 3 is 2.83 bits per heavy atom. The summed E-state index contributed by atoms with van der Waals surface area (Å²) in [6, 6.07) is 4.87. The fourth-order valence-electron chi connectivity index (χ4n) is 1.96. The lowest BCUT2D eigenvalue weighted by Crippen LogP contribution is -2.58. The topological polar surface area (TPSA) is 60.9 Å². The number of benzene rings is 1. The number of nitrogens with zero attached hydrogens (tertiary/aromatic N) is 2. The molecule has 0 bridgehead atoms. The van der Waals surface area contributed by atoms with Crippen molar-refractivity contribution in [1.29, 1.82) is 0 Å². The lowest BCUT2D eigenvalue weighted by molar-refractivity contribution is -0.149. The Kier molecular flexibility index (Phi) is 3.18. The quantitative estimate of drug-likeness (QED) is 0.835. The zero-order chi connectivity index (χ0) is 13.3. The summed E-state index contributed by atoms with van der Waals surface area (Å²) in [4.78, 5) is 25.5. The van der Waals surface area contributed by atoms with Crippen LogP contribution in [0, 0.1) is 5.82 Å². The van der Waals surface area contributed by atoms with Crippen LogP contribution in [0.4, 0.5) is 10.1 Å². The van der Waals surface area contributed by atoms with E-state index in [2.05, 4.69) is 0 Å². The first-order valence-corrected chi connectivity index (χ1v) is 5.48. The average Bonchev–Trinajstić information content (AvgIpc) is 2.32. The van der Waals surface area contributed by atoms with Crippen LogP contribution in [-0.2, 0) is 9.59 Å². The van der Waals surface area contributed by atoms with E-state index in [1.165, 1.54) is 30.1 Å². The number of carboxylic acid groups (broad SMARTS) is 1. The van der Waals surface area contributed by atoms with Crippen molar-refractivity contribution < 1.29 is 19.1 Å². The first-order chi connectivity index (χ1) is 8.49. The van der Waals surface area contributed by atoms with Crippen molar-refractivity contribution in [2.75, 3.05) is 25.0 Å². The number of halogens is 1. The summed E-state index contributed by atoms with van der Waals surface area (Å²) < 4.78 is 13.1. The highest BCUT2D eigenvalue weighted by molar-refractivity contribution is 5.89. The predicted molar refractivity (Wildman–Crippen MR) is 62.8 cm³/mol. The molecule has 1 amide bonds. The number of anilines is 1. The van der Waals surface area contributed by atoms with Crippen molar-refractivity contribution in [3.05, 3.63) is 30.1 Å². The number of carboxylic acids is 1. The third-order valence-corrected chi connectivity index (χ3v) is 3.04. The van der Waals surface area contributed by atoms with E-state index in [1.807, 2.05) is 0 Å². The third-order valence-electron chi connectivity index (χ3n) is 3.04. The highest BCUT2D eigenvalue weighted by Gasteiger charge is 2.34. The molecule has 96 valence electrons. The standard InChI is InChI=1S/C12H13FN2O3/c1-14-10(12(17)18)6-15(7-11(14)16)9-4-2-3-8(13)5-9/h2-5,10H,6-7H2,1H3,(H,17,18). The average molecular weight is 252 g/mol. The number of hydrogen-bond acceptors (Lipinski definition) is 3. The molecular formula is C12H13FN2O3. The van der Waals surface area contributed by atoms with Crippen molar-refractivity contribution in [2.45, 2.75) is 6.04 Å². The number of hydrogen-bond donors (Lipinski definition) is 1. The lowest BCUT2D eigenvalue weighted by Gasteiger charge is -2.37. The van der Waals surface area contributed by atoms with Gasteiger partial charge in [0.05, 0.1) is 6.54 Å². The second-order valence-corrected chi connectivity index (χ2v) is 4.22. The monoisotopic (exact) mass is 252 g/mol. The summed E-state index contributed by atoms with van der Waals surface area (Å²) in [6.07, 6.45) is 0. The molecule has 1 aromatic rings. The van der Waals surface area contributed by atoms with Crippen molar-refractivity contribution in [3.8, 4) is 0 Å². The highest BCUT2D eigenvalue weighted by Crippen LogP contribution is 2.20. The van der Waals surface area contributed by atoms with Gasteiger partial charge in [-0.25, -0.2) is 9.18 Å². The number of rotatable bonds is 2. The Balaban J connectivity index is 2.25. The van der Waals surface area contributed by atoms with Crippen LogP contribution in [0.5, 0.6) is 0 Å². The molecule has 1 N–H and O–H groups in total. The molecule has 0 aliphatic carbocycles. The van der Waals surface area contributed by atoms with E-state index in [0.29, 0.717) is 5.69 Å². The van der Waals surface area contributed by atoms with Crippen LogP contribution in [0.15, 0.2) is 24.3 Å². The first-order valence-electron chi connectivity index (χ1n) is 5.48. The number of carbonyl (C=O) groups excluding carboxylic acids is 1. The second kappa shape index (κ2) is 4.64. The number of aliphatic carboxylic acids is 1. The summed E-state index contributed by atoms with van der Waals surface area (Å²) in [6.45, 7) is 0.213. The molecule has 1 saturated heterocycles. The molecule has 0 spiro atoms. The normalized spacial score (nSPS) is 20.1. The van der Waals surface area contributed by atoms with Crippen LogP contribution in [0.25, 0.3) is 0 Å². The second-order valence-electron chi connectivity index (χ2n) is 4.22. The molecule has 2 rings (SSSR count). The van der Waals surface area contributed by atoms with E-state index in [0.717, 1.165) is 0 Å². The van der Waals surface area contributed by atoms with Gasteiger partial charge in [-0.05, 0) is 18.2 Å². The molecule has 1 aliphatic heterocycles. The van der Waals surface area contributed by atoms with Gasteiger partial charge in [0.1, 0.15) is 11.9 Å². The zero-order valence-electron chi connectivity index (χ0n) is 9.84. The summed E-state index contributed by atoms with van der Waals surface area (Å²) in [5, 5.41) is 9.05. The van der Waals surface area contributed by atoms with Gasteiger partial charge in [0, 0.05) is 19.3 Å². The summed E-state index contributed by atoms with van der Waals surface area (Å²) in [5.74, 6) is -1.77. The summed E-state index contributed by atoms with van der Waals surface area (Å²) in [5.41, 5.74) is 0.516. The fourth-order valence-corrected chi connectivity index (χ4v) is 1.96. The third kappa shape index (κ3) is 2.27.